The van der Waals surface area contributed by atoms with Gasteiger partial charge in [-0.15, -0.1) is 11.8 Å². The van der Waals surface area contributed by atoms with Gasteiger partial charge in [0.2, 0.25) is 0 Å². The van der Waals surface area contributed by atoms with Crippen LogP contribution in [0.4, 0.5) is 0 Å². The molecule has 2 rings (SSSR count). The summed E-state index contributed by atoms with van der Waals surface area (Å²) < 4.78 is 0. The second-order valence-corrected chi connectivity index (χ2v) is 8.00. The van der Waals surface area contributed by atoms with E-state index < -0.39 is 0 Å². The van der Waals surface area contributed by atoms with Crippen LogP contribution in [-0.2, 0) is 11.2 Å². The summed E-state index contributed by atoms with van der Waals surface area (Å²) in [5, 5.41) is 1.43. The number of aryl methyl sites for hydroxylation is 1. The van der Waals surface area contributed by atoms with E-state index in [0.29, 0.717) is 22.7 Å². The minimum Gasteiger partial charge on any atom is -0.298 e. The van der Waals surface area contributed by atoms with Gasteiger partial charge in [-0.1, -0.05) is 43.7 Å². The molecule has 0 radical (unpaired) electrons. The molecular formula is C15H20OS2. The maximum absolute atomic E-state index is 12.3. The molecule has 0 aliphatic carbocycles. The Morgan fingerprint density at radius 3 is 2.78 bits per heavy atom. The predicted molar refractivity (Wildman–Crippen MR) is 82.7 cm³/mol. The van der Waals surface area contributed by atoms with Crippen molar-refractivity contribution in [2.45, 2.75) is 42.9 Å². The summed E-state index contributed by atoms with van der Waals surface area (Å²) in [5.41, 5.74) is 2.38. The van der Waals surface area contributed by atoms with Crippen LogP contribution in [0.2, 0.25) is 0 Å². The maximum atomic E-state index is 12.3. The van der Waals surface area contributed by atoms with E-state index in [2.05, 4.69) is 39.0 Å². The lowest BCUT2D eigenvalue weighted by molar-refractivity contribution is -0.117. The largest absolute Gasteiger partial charge is 0.298 e. The van der Waals surface area contributed by atoms with Gasteiger partial charge in [-0.2, -0.15) is 11.8 Å². The summed E-state index contributed by atoms with van der Waals surface area (Å²) >= 11 is 3.79. The van der Waals surface area contributed by atoms with Crippen LogP contribution in [-0.4, -0.2) is 27.3 Å². The third-order valence-electron chi connectivity index (χ3n) is 3.37. The zero-order chi connectivity index (χ0) is 13.1. The SMILES string of the molecule is Cc1cccc(CC(=O)C2CSC(C)C(C)S2)c1. The Bertz CT molecular complexity index is 430. The van der Waals surface area contributed by atoms with E-state index in [9.17, 15) is 4.79 Å². The number of Topliss-reactive ketones (excluding diaryl/α,β-unsaturated/α-hetero) is 1. The minimum absolute atomic E-state index is 0.182. The van der Waals surface area contributed by atoms with E-state index >= 15 is 0 Å². The number of carbonyl (C=O) groups is 1. The maximum Gasteiger partial charge on any atom is 0.151 e. The summed E-state index contributed by atoms with van der Waals surface area (Å²) in [5.74, 6) is 1.36. The Hall–Kier alpha value is -0.410. The molecule has 1 aliphatic rings. The molecule has 0 aromatic heterocycles. The van der Waals surface area contributed by atoms with Gasteiger partial charge < -0.3 is 0 Å². The zero-order valence-electron chi connectivity index (χ0n) is 11.2. The van der Waals surface area contributed by atoms with Gasteiger partial charge in [0.15, 0.2) is 5.78 Å². The molecule has 3 heteroatoms. The number of thioether (sulfide) groups is 2. The van der Waals surface area contributed by atoms with Crippen molar-refractivity contribution in [2.75, 3.05) is 5.75 Å². The smallest absolute Gasteiger partial charge is 0.151 e. The Kier molecular flexibility index (Phi) is 4.79. The van der Waals surface area contributed by atoms with Crippen LogP contribution in [0.1, 0.15) is 25.0 Å². The standard InChI is InChI=1S/C15H20OS2/c1-10-5-4-6-13(7-10)8-14(16)15-9-17-11(2)12(3)18-15/h4-7,11-12,15H,8-9H2,1-3H3. The van der Waals surface area contributed by atoms with Gasteiger partial charge in [-0.3, -0.25) is 4.79 Å². The van der Waals surface area contributed by atoms with Gasteiger partial charge >= 0.3 is 0 Å². The number of hydrogen-bond donors (Lipinski definition) is 0. The highest BCUT2D eigenvalue weighted by Gasteiger charge is 2.29. The molecule has 0 saturated carbocycles. The molecule has 3 unspecified atom stereocenters. The van der Waals surface area contributed by atoms with E-state index in [1.165, 1.54) is 5.56 Å². The summed E-state index contributed by atoms with van der Waals surface area (Å²) in [6, 6.07) is 8.27. The second kappa shape index (κ2) is 6.16. The predicted octanol–water partition coefficient (Wildman–Crippen LogP) is 3.73. The van der Waals surface area contributed by atoms with E-state index in [-0.39, 0.29) is 5.25 Å². The third-order valence-corrected chi connectivity index (χ3v) is 6.81. The highest BCUT2D eigenvalue weighted by molar-refractivity contribution is 8.08. The molecule has 0 N–H and O–H groups in total. The average Bonchev–Trinajstić information content (AvgIpc) is 2.32. The molecule has 0 amide bonds. The normalized spacial score (nSPS) is 28.1. The lowest BCUT2D eigenvalue weighted by Crippen LogP contribution is -2.32. The first kappa shape index (κ1) is 14.0. The zero-order valence-corrected chi connectivity index (χ0v) is 12.8. The topological polar surface area (TPSA) is 17.1 Å². The molecule has 1 fully saturated rings. The van der Waals surface area contributed by atoms with Crippen molar-refractivity contribution in [3.63, 3.8) is 0 Å². The number of benzene rings is 1. The molecule has 1 aromatic rings. The first-order chi connectivity index (χ1) is 8.56. The molecule has 98 valence electrons. The first-order valence-corrected chi connectivity index (χ1v) is 8.40. The minimum atomic E-state index is 0.182. The fourth-order valence-electron chi connectivity index (χ4n) is 2.09. The number of hydrogen-bond acceptors (Lipinski definition) is 3. The molecule has 0 spiro atoms. The van der Waals surface area contributed by atoms with E-state index in [4.69, 9.17) is 0 Å². The highest BCUT2D eigenvalue weighted by atomic mass is 32.2. The van der Waals surface area contributed by atoms with Crippen molar-refractivity contribution in [3.05, 3.63) is 35.4 Å². The van der Waals surface area contributed by atoms with Crippen molar-refractivity contribution >= 4 is 29.3 Å². The Morgan fingerprint density at radius 2 is 2.11 bits per heavy atom. The van der Waals surface area contributed by atoms with Gasteiger partial charge in [-0.05, 0) is 12.5 Å². The molecule has 1 saturated heterocycles. The molecule has 1 aliphatic heterocycles. The first-order valence-electron chi connectivity index (χ1n) is 6.41. The molecule has 3 atom stereocenters. The van der Waals surface area contributed by atoms with Gasteiger partial charge in [0, 0.05) is 22.7 Å². The molecule has 0 bridgehead atoms. The summed E-state index contributed by atoms with van der Waals surface area (Å²) in [6.45, 7) is 6.56. The van der Waals surface area contributed by atoms with Gasteiger partial charge in [-0.25, -0.2) is 0 Å². The lowest BCUT2D eigenvalue weighted by Gasteiger charge is -2.30. The quantitative estimate of drug-likeness (QED) is 0.840. The highest BCUT2D eigenvalue weighted by Crippen LogP contribution is 2.36. The number of carbonyl (C=O) groups excluding carboxylic acids is 1. The summed E-state index contributed by atoms with van der Waals surface area (Å²) in [4.78, 5) is 12.3. The Morgan fingerprint density at radius 1 is 1.33 bits per heavy atom. The van der Waals surface area contributed by atoms with Gasteiger partial charge in [0.05, 0.1) is 5.25 Å². The van der Waals surface area contributed by atoms with Crippen LogP contribution in [0.3, 0.4) is 0 Å². The van der Waals surface area contributed by atoms with Gasteiger partial charge in [0.1, 0.15) is 0 Å². The van der Waals surface area contributed by atoms with Crippen molar-refractivity contribution in [1.82, 2.24) is 0 Å². The van der Waals surface area contributed by atoms with Crippen LogP contribution in [0.25, 0.3) is 0 Å². The number of rotatable bonds is 3. The summed E-state index contributed by atoms with van der Waals surface area (Å²) in [6.07, 6.45) is 0.584. The fourth-order valence-corrected chi connectivity index (χ4v) is 4.98. The van der Waals surface area contributed by atoms with Gasteiger partial charge in [0.25, 0.3) is 0 Å². The van der Waals surface area contributed by atoms with Crippen molar-refractivity contribution < 1.29 is 4.79 Å². The fraction of sp³-hybridized carbons (Fsp3) is 0.533. The van der Waals surface area contributed by atoms with Crippen LogP contribution >= 0.6 is 23.5 Å². The van der Waals surface area contributed by atoms with E-state index in [1.54, 1.807) is 0 Å². The second-order valence-electron chi connectivity index (χ2n) is 5.00. The van der Waals surface area contributed by atoms with E-state index in [0.717, 1.165) is 11.3 Å². The Labute approximate surface area is 118 Å². The van der Waals surface area contributed by atoms with Crippen LogP contribution in [0, 0.1) is 6.92 Å². The molecule has 18 heavy (non-hydrogen) atoms. The molecular weight excluding hydrogens is 260 g/mol. The molecule has 1 nitrogen and oxygen atoms in total. The molecule has 1 heterocycles. The van der Waals surface area contributed by atoms with Crippen LogP contribution in [0.15, 0.2) is 24.3 Å². The Balaban J connectivity index is 1.96. The van der Waals surface area contributed by atoms with Crippen LogP contribution < -0.4 is 0 Å². The summed E-state index contributed by atoms with van der Waals surface area (Å²) in [7, 11) is 0. The average molecular weight is 280 g/mol. The van der Waals surface area contributed by atoms with Crippen molar-refractivity contribution in [1.29, 1.82) is 0 Å². The third kappa shape index (κ3) is 3.55. The van der Waals surface area contributed by atoms with Crippen molar-refractivity contribution in [2.24, 2.45) is 0 Å². The van der Waals surface area contributed by atoms with Crippen molar-refractivity contribution in [3.8, 4) is 0 Å². The number of ketones is 1. The molecule has 1 aromatic carbocycles. The lowest BCUT2D eigenvalue weighted by atomic mass is 10.1. The van der Waals surface area contributed by atoms with E-state index in [1.807, 2.05) is 29.6 Å². The monoisotopic (exact) mass is 280 g/mol. The van der Waals surface area contributed by atoms with Crippen LogP contribution in [0.5, 0.6) is 0 Å².